The van der Waals surface area contributed by atoms with Gasteiger partial charge in [-0.05, 0) is 44.9 Å². The van der Waals surface area contributed by atoms with Crippen LogP contribution >= 0.6 is 12.2 Å². The van der Waals surface area contributed by atoms with Crippen LogP contribution in [0.2, 0.25) is 0 Å². The van der Waals surface area contributed by atoms with Crippen LogP contribution in [0, 0.1) is 4.64 Å². The number of rotatable bonds is 4. The first kappa shape index (κ1) is 13.3. The predicted molar refractivity (Wildman–Crippen MR) is 82.6 cm³/mol. The van der Waals surface area contributed by atoms with Gasteiger partial charge in [0.1, 0.15) is 16.2 Å². The first-order valence-electron chi connectivity index (χ1n) is 7.01. The van der Waals surface area contributed by atoms with E-state index in [2.05, 4.69) is 16.0 Å². The average Bonchev–Trinajstić information content (AvgIpc) is 3.22. The van der Waals surface area contributed by atoms with E-state index in [-0.39, 0.29) is 6.10 Å². The van der Waals surface area contributed by atoms with Crippen molar-refractivity contribution in [3.05, 3.63) is 40.8 Å². The Morgan fingerprint density at radius 3 is 2.75 bits per heavy atom. The van der Waals surface area contributed by atoms with Crippen molar-refractivity contribution in [1.29, 1.82) is 0 Å². The molecule has 20 heavy (non-hydrogen) atoms. The maximum atomic E-state index is 5.88. The van der Waals surface area contributed by atoms with Crippen LogP contribution in [0.5, 0.6) is 5.75 Å². The molecule has 0 unspecified atom stereocenters. The van der Waals surface area contributed by atoms with E-state index >= 15 is 0 Å². The maximum absolute atomic E-state index is 5.88. The molecule has 0 spiro atoms. The minimum absolute atomic E-state index is 0.142. The van der Waals surface area contributed by atoms with Crippen molar-refractivity contribution < 1.29 is 4.74 Å². The first-order chi connectivity index (χ1) is 9.63. The zero-order valence-corrected chi connectivity index (χ0v) is 12.5. The second-order valence-corrected chi connectivity index (χ2v) is 5.87. The fourth-order valence-electron chi connectivity index (χ4n) is 2.22. The summed E-state index contributed by atoms with van der Waals surface area (Å²) in [6.45, 7) is 4.06. The molecule has 0 amide bonds. The molecule has 1 fully saturated rings. The third-order valence-corrected chi connectivity index (χ3v) is 3.47. The van der Waals surface area contributed by atoms with Crippen molar-refractivity contribution in [2.45, 2.75) is 38.7 Å². The Morgan fingerprint density at radius 2 is 2.05 bits per heavy atom. The fraction of sp³-hybridized carbons (Fsp3) is 0.375. The van der Waals surface area contributed by atoms with Crippen LogP contribution in [0.3, 0.4) is 0 Å². The zero-order valence-electron chi connectivity index (χ0n) is 11.7. The number of nitrogens with zero attached hydrogens (tertiary/aromatic N) is 1. The largest absolute Gasteiger partial charge is 0.490 e. The van der Waals surface area contributed by atoms with Gasteiger partial charge < -0.3 is 9.72 Å². The molecular formula is C16H18N2OS. The number of hydrogen-bond acceptors (Lipinski definition) is 3. The predicted octanol–water partition coefficient (Wildman–Crippen LogP) is 4.47. The molecule has 1 aromatic heterocycles. The standard InChI is InChI=1S/C16H18N2OS/c1-10(2)19-14-6-4-3-5-12(14)13-9-15(20)18-16(17-13)11-7-8-11/h3-6,9-11H,7-8H2,1-2H3,(H,17,18,20). The summed E-state index contributed by atoms with van der Waals surface area (Å²) in [6, 6.07) is 9.94. The van der Waals surface area contributed by atoms with Gasteiger partial charge >= 0.3 is 0 Å². The molecule has 3 rings (SSSR count). The van der Waals surface area contributed by atoms with Crippen LogP contribution in [0.4, 0.5) is 0 Å². The summed E-state index contributed by atoms with van der Waals surface area (Å²) in [5.41, 5.74) is 2.03. The summed E-state index contributed by atoms with van der Waals surface area (Å²) in [4.78, 5) is 7.85. The van der Waals surface area contributed by atoms with Crippen molar-refractivity contribution in [3.8, 4) is 17.0 Å². The molecule has 1 aliphatic rings. The Hall–Kier alpha value is -1.68. The van der Waals surface area contributed by atoms with E-state index in [1.807, 2.05) is 38.1 Å². The molecule has 3 nitrogen and oxygen atoms in total. The van der Waals surface area contributed by atoms with Crippen LogP contribution in [0.15, 0.2) is 30.3 Å². The second kappa shape index (κ2) is 5.37. The van der Waals surface area contributed by atoms with Gasteiger partial charge in [-0.3, -0.25) is 0 Å². The minimum atomic E-state index is 0.142. The summed E-state index contributed by atoms with van der Waals surface area (Å²) < 4.78 is 6.52. The van der Waals surface area contributed by atoms with Gasteiger partial charge in [0.25, 0.3) is 0 Å². The Balaban J connectivity index is 2.06. The number of aromatic nitrogens is 2. The quantitative estimate of drug-likeness (QED) is 0.843. The molecule has 0 aliphatic heterocycles. The molecule has 0 radical (unpaired) electrons. The highest BCUT2D eigenvalue weighted by atomic mass is 32.1. The van der Waals surface area contributed by atoms with Gasteiger partial charge in [0, 0.05) is 11.5 Å². The van der Waals surface area contributed by atoms with Gasteiger partial charge in [0.15, 0.2) is 0 Å². The SMILES string of the molecule is CC(C)Oc1ccccc1-c1cc(=S)nc(C2CC2)[nH]1. The summed E-state index contributed by atoms with van der Waals surface area (Å²) in [5, 5.41) is 0. The molecule has 1 saturated carbocycles. The third-order valence-electron chi connectivity index (χ3n) is 3.27. The summed E-state index contributed by atoms with van der Waals surface area (Å²) in [6.07, 6.45) is 2.54. The topological polar surface area (TPSA) is 37.9 Å². The molecule has 4 heteroatoms. The Morgan fingerprint density at radius 1 is 1.30 bits per heavy atom. The average molecular weight is 286 g/mol. The number of hydrogen-bond donors (Lipinski definition) is 1. The molecular weight excluding hydrogens is 268 g/mol. The lowest BCUT2D eigenvalue weighted by Gasteiger charge is -2.14. The molecule has 0 bridgehead atoms. The number of para-hydroxylation sites is 1. The molecule has 1 N–H and O–H groups in total. The van der Waals surface area contributed by atoms with E-state index in [0.29, 0.717) is 10.6 Å². The van der Waals surface area contributed by atoms with Crippen LogP contribution in [-0.2, 0) is 0 Å². The summed E-state index contributed by atoms with van der Waals surface area (Å²) in [7, 11) is 0. The smallest absolute Gasteiger partial charge is 0.130 e. The van der Waals surface area contributed by atoms with E-state index in [1.165, 1.54) is 12.8 Å². The number of benzene rings is 1. The monoisotopic (exact) mass is 286 g/mol. The highest BCUT2D eigenvalue weighted by molar-refractivity contribution is 7.71. The molecule has 1 aromatic carbocycles. The van der Waals surface area contributed by atoms with Gasteiger partial charge in [0.2, 0.25) is 0 Å². The second-order valence-electron chi connectivity index (χ2n) is 5.46. The Bertz CT molecular complexity index is 674. The van der Waals surface area contributed by atoms with E-state index < -0.39 is 0 Å². The lowest BCUT2D eigenvalue weighted by molar-refractivity contribution is 0.243. The molecule has 0 atom stereocenters. The van der Waals surface area contributed by atoms with E-state index in [9.17, 15) is 0 Å². The van der Waals surface area contributed by atoms with E-state index in [4.69, 9.17) is 17.0 Å². The normalized spacial score (nSPS) is 14.6. The molecule has 0 saturated heterocycles. The van der Waals surface area contributed by atoms with Crippen LogP contribution in [-0.4, -0.2) is 16.1 Å². The van der Waals surface area contributed by atoms with E-state index in [0.717, 1.165) is 22.8 Å². The summed E-state index contributed by atoms with van der Waals surface area (Å²) >= 11 is 5.29. The fourth-order valence-corrected chi connectivity index (χ4v) is 2.43. The van der Waals surface area contributed by atoms with Crippen LogP contribution in [0.25, 0.3) is 11.3 Å². The van der Waals surface area contributed by atoms with Gasteiger partial charge in [-0.1, -0.05) is 24.4 Å². The van der Waals surface area contributed by atoms with Crippen molar-refractivity contribution in [3.63, 3.8) is 0 Å². The number of aromatic amines is 1. The number of ether oxygens (including phenoxy) is 1. The Labute approximate surface area is 124 Å². The highest BCUT2D eigenvalue weighted by Crippen LogP contribution is 2.39. The molecule has 104 valence electrons. The van der Waals surface area contributed by atoms with Gasteiger partial charge in [0.05, 0.1) is 11.8 Å². The number of H-pyrrole nitrogens is 1. The highest BCUT2D eigenvalue weighted by Gasteiger charge is 2.26. The van der Waals surface area contributed by atoms with E-state index in [1.54, 1.807) is 0 Å². The van der Waals surface area contributed by atoms with Crippen molar-refractivity contribution in [2.75, 3.05) is 0 Å². The number of nitrogens with one attached hydrogen (secondary N) is 1. The first-order valence-corrected chi connectivity index (χ1v) is 7.41. The van der Waals surface area contributed by atoms with Crippen LogP contribution < -0.4 is 4.74 Å². The van der Waals surface area contributed by atoms with Gasteiger partial charge in [-0.2, -0.15) is 0 Å². The van der Waals surface area contributed by atoms with Crippen molar-refractivity contribution in [1.82, 2.24) is 9.97 Å². The van der Waals surface area contributed by atoms with Gasteiger partial charge in [-0.15, -0.1) is 0 Å². The lowest BCUT2D eigenvalue weighted by atomic mass is 10.1. The Kier molecular flexibility index (Phi) is 3.57. The maximum Gasteiger partial charge on any atom is 0.130 e. The summed E-state index contributed by atoms with van der Waals surface area (Å²) in [5.74, 6) is 2.43. The van der Waals surface area contributed by atoms with Crippen molar-refractivity contribution >= 4 is 12.2 Å². The third kappa shape index (κ3) is 2.90. The molecule has 2 aromatic rings. The van der Waals surface area contributed by atoms with Gasteiger partial charge in [-0.25, -0.2) is 4.98 Å². The zero-order chi connectivity index (χ0) is 14.1. The van der Waals surface area contributed by atoms with Crippen LogP contribution in [0.1, 0.15) is 38.4 Å². The molecule has 1 aliphatic carbocycles. The lowest BCUT2D eigenvalue weighted by Crippen LogP contribution is -2.07. The molecule has 1 heterocycles. The van der Waals surface area contributed by atoms with Crippen molar-refractivity contribution in [2.24, 2.45) is 0 Å². The minimum Gasteiger partial charge on any atom is -0.490 e.